The lowest BCUT2D eigenvalue weighted by atomic mass is 10.1. The fraction of sp³-hybridized carbons (Fsp3) is 0.500. The Morgan fingerprint density at radius 3 is 2.72 bits per heavy atom. The van der Waals surface area contributed by atoms with E-state index in [1.165, 1.54) is 5.39 Å². The molecule has 0 radical (unpaired) electrons. The molecule has 2 aromatic carbocycles. The standard InChI is InChI=1S/C20H24O5/c1-3-17-18(19-20(25-17)23-9-8-22-19)24-12-13-4-5-14-6-7-16(21-2)11-15(14)10-13/h4-7,10-11,17-20H,3,8-9,12H2,1-2H3/t17-,18+,19-,20+/m1/s1. The van der Waals surface area contributed by atoms with Crippen LogP contribution in [0.1, 0.15) is 18.9 Å². The van der Waals surface area contributed by atoms with E-state index >= 15 is 0 Å². The van der Waals surface area contributed by atoms with Gasteiger partial charge in [0.05, 0.1) is 33.0 Å². The first-order valence-electron chi connectivity index (χ1n) is 8.85. The Kier molecular flexibility index (Phi) is 4.90. The van der Waals surface area contributed by atoms with Crippen molar-refractivity contribution in [3.8, 4) is 5.75 Å². The Labute approximate surface area is 147 Å². The predicted molar refractivity (Wildman–Crippen MR) is 93.7 cm³/mol. The number of ether oxygens (including phenoxy) is 5. The van der Waals surface area contributed by atoms with Crippen LogP contribution in [-0.2, 0) is 25.6 Å². The fourth-order valence-corrected chi connectivity index (χ4v) is 3.56. The van der Waals surface area contributed by atoms with Gasteiger partial charge in [0.1, 0.15) is 18.0 Å². The van der Waals surface area contributed by atoms with Crippen molar-refractivity contribution in [2.75, 3.05) is 20.3 Å². The van der Waals surface area contributed by atoms with E-state index in [1.54, 1.807) is 7.11 Å². The smallest absolute Gasteiger partial charge is 0.186 e. The normalized spacial score (nSPS) is 28.9. The van der Waals surface area contributed by atoms with Gasteiger partial charge in [-0.2, -0.15) is 0 Å². The van der Waals surface area contributed by atoms with Crippen LogP contribution in [-0.4, -0.2) is 44.9 Å². The molecule has 0 aliphatic carbocycles. The van der Waals surface area contributed by atoms with Crippen LogP contribution in [0.3, 0.4) is 0 Å². The molecule has 0 spiro atoms. The van der Waals surface area contributed by atoms with E-state index in [-0.39, 0.29) is 24.6 Å². The molecule has 4 rings (SSSR count). The summed E-state index contributed by atoms with van der Waals surface area (Å²) < 4.78 is 28.9. The van der Waals surface area contributed by atoms with Crippen LogP contribution in [0.15, 0.2) is 36.4 Å². The number of fused-ring (bicyclic) bond motifs is 2. The summed E-state index contributed by atoms with van der Waals surface area (Å²) in [6, 6.07) is 12.4. The molecule has 2 fully saturated rings. The highest BCUT2D eigenvalue weighted by atomic mass is 16.7. The van der Waals surface area contributed by atoms with Crippen molar-refractivity contribution in [1.82, 2.24) is 0 Å². The molecule has 4 atom stereocenters. The summed E-state index contributed by atoms with van der Waals surface area (Å²) in [6.45, 7) is 3.79. The van der Waals surface area contributed by atoms with Gasteiger partial charge >= 0.3 is 0 Å². The average Bonchev–Trinajstić information content (AvgIpc) is 3.03. The minimum atomic E-state index is -0.301. The zero-order chi connectivity index (χ0) is 17.2. The van der Waals surface area contributed by atoms with Gasteiger partial charge in [0.15, 0.2) is 6.29 Å². The Morgan fingerprint density at radius 2 is 1.88 bits per heavy atom. The minimum Gasteiger partial charge on any atom is -0.497 e. The van der Waals surface area contributed by atoms with Gasteiger partial charge in [-0.15, -0.1) is 0 Å². The summed E-state index contributed by atoms with van der Waals surface area (Å²) in [5.74, 6) is 0.858. The Bertz CT molecular complexity index is 731. The van der Waals surface area contributed by atoms with Crippen molar-refractivity contribution < 1.29 is 23.7 Å². The van der Waals surface area contributed by atoms with Crippen molar-refractivity contribution in [3.63, 3.8) is 0 Å². The average molecular weight is 344 g/mol. The molecule has 2 heterocycles. The molecule has 2 saturated heterocycles. The van der Waals surface area contributed by atoms with Crippen molar-refractivity contribution in [1.29, 1.82) is 0 Å². The largest absolute Gasteiger partial charge is 0.497 e. The van der Waals surface area contributed by atoms with Gasteiger partial charge in [-0.05, 0) is 41.0 Å². The fourth-order valence-electron chi connectivity index (χ4n) is 3.56. The maximum absolute atomic E-state index is 6.21. The highest BCUT2D eigenvalue weighted by Gasteiger charge is 2.47. The van der Waals surface area contributed by atoms with Gasteiger partial charge in [0.2, 0.25) is 0 Å². The van der Waals surface area contributed by atoms with Crippen LogP contribution in [0.4, 0.5) is 0 Å². The summed E-state index contributed by atoms with van der Waals surface area (Å²) >= 11 is 0. The predicted octanol–water partition coefficient (Wildman–Crippen LogP) is 3.28. The first-order chi connectivity index (χ1) is 12.3. The highest BCUT2D eigenvalue weighted by molar-refractivity contribution is 5.84. The van der Waals surface area contributed by atoms with Crippen LogP contribution >= 0.6 is 0 Å². The molecule has 2 aromatic rings. The van der Waals surface area contributed by atoms with Crippen molar-refractivity contribution >= 4 is 10.8 Å². The third-order valence-corrected chi connectivity index (χ3v) is 4.90. The van der Waals surface area contributed by atoms with Gasteiger partial charge < -0.3 is 23.7 Å². The summed E-state index contributed by atoms with van der Waals surface area (Å²) in [5, 5.41) is 2.33. The molecule has 0 amide bonds. The second kappa shape index (κ2) is 7.30. The molecular formula is C20H24O5. The number of benzene rings is 2. The van der Waals surface area contributed by atoms with Crippen LogP contribution in [0, 0.1) is 0 Å². The highest BCUT2D eigenvalue weighted by Crippen LogP contribution is 2.32. The van der Waals surface area contributed by atoms with Crippen LogP contribution in [0.2, 0.25) is 0 Å². The quantitative estimate of drug-likeness (QED) is 0.833. The number of methoxy groups -OCH3 is 1. The Morgan fingerprint density at radius 1 is 1.04 bits per heavy atom. The molecule has 0 unspecified atom stereocenters. The lowest BCUT2D eigenvalue weighted by Gasteiger charge is -2.28. The third kappa shape index (κ3) is 3.37. The maximum Gasteiger partial charge on any atom is 0.186 e. The number of rotatable bonds is 5. The first kappa shape index (κ1) is 16.8. The Balaban J connectivity index is 1.49. The third-order valence-electron chi connectivity index (χ3n) is 4.90. The van der Waals surface area contributed by atoms with E-state index in [4.69, 9.17) is 23.7 Å². The van der Waals surface area contributed by atoms with Crippen molar-refractivity contribution in [2.24, 2.45) is 0 Å². The van der Waals surface area contributed by atoms with E-state index in [2.05, 4.69) is 31.2 Å². The van der Waals surface area contributed by atoms with E-state index in [9.17, 15) is 0 Å². The monoisotopic (exact) mass is 344 g/mol. The van der Waals surface area contributed by atoms with E-state index in [0.29, 0.717) is 19.8 Å². The molecule has 5 nitrogen and oxygen atoms in total. The zero-order valence-corrected chi connectivity index (χ0v) is 14.6. The maximum atomic E-state index is 6.21. The first-order valence-corrected chi connectivity index (χ1v) is 8.85. The van der Waals surface area contributed by atoms with Gasteiger partial charge in [-0.25, -0.2) is 0 Å². The Hall–Kier alpha value is -1.66. The summed E-state index contributed by atoms with van der Waals surface area (Å²) in [5.41, 5.74) is 1.12. The lowest BCUT2D eigenvalue weighted by molar-refractivity contribution is -0.222. The van der Waals surface area contributed by atoms with Crippen LogP contribution in [0.25, 0.3) is 10.8 Å². The van der Waals surface area contributed by atoms with Gasteiger partial charge in [0.25, 0.3) is 0 Å². The number of hydrogen-bond donors (Lipinski definition) is 0. The second-order valence-corrected chi connectivity index (χ2v) is 6.48. The SMILES string of the molecule is CC[C@H]1O[C@@H]2OCCO[C@@H]2[C@H]1OCc1ccc2ccc(OC)cc2c1. The lowest BCUT2D eigenvalue weighted by Crippen LogP contribution is -2.42. The molecule has 2 aliphatic heterocycles. The van der Waals surface area contributed by atoms with Gasteiger partial charge in [0, 0.05) is 0 Å². The minimum absolute atomic E-state index is 0.00801. The zero-order valence-electron chi connectivity index (χ0n) is 14.6. The van der Waals surface area contributed by atoms with E-state index < -0.39 is 0 Å². The molecule has 0 bridgehead atoms. The van der Waals surface area contributed by atoms with Crippen molar-refractivity contribution in [3.05, 3.63) is 42.0 Å². The molecule has 0 aromatic heterocycles. The molecule has 5 heteroatoms. The van der Waals surface area contributed by atoms with Gasteiger partial charge in [-0.3, -0.25) is 0 Å². The summed E-state index contributed by atoms with van der Waals surface area (Å²) in [6.07, 6.45) is 0.341. The topological polar surface area (TPSA) is 46.2 Å². The van der Waals surface area contributed by atoms with Gasteiger partial charge in [-0.1, -0.05) is 25.1 Å². The van der Waals surface area contributed by atoms with E-state index in [1.807, 2.05) is 12.1 Å². The molecular weight excluding hydrogens is 320 g/mol. The molecule has 25 heavy (non-hydrogen) atoms. The summed E-state index contributed by atoms with van der Waals surface area (Å²) in [7, 11) is 1.68. The van der Waals surface area contributed by atoms with Crippen molar-refractivity contribution in [2.45, 2.75) is 44.6 Å². The molecule has 134 valence electrons. The summed E-state index contributed by atoms with van der Waals surface area (Å²) in [4.78, 5) is 0. The number of hydrogen-bond acceptors (Lipinski definition) is 5. The second-order valence-electron chi connectivity index (χ2n) is 6.48. The van der Waals surface area contributed by atoms with Crippen LogP contribution < -0.4 is 4.74 Å². The molecule has 0 N–H and O–H groups in total. The molecule has 0 saturated carbocycles. The molecule has 2 aliphatic rings. The van der Waals surface area contributed by atoms with E-state index in [0.717, 1.165) is 23.1 Å². The van der Waals surface area contributed by atoms with Crippen LogP contribution in [0.5, 0.6) is 5.75 Å².